The number of hydrogen-bond acceptors (Lipinski definition) is 2. The van der Waals surface area contributed by atoms with Crippen molar-refractivity contribution >= 4 is 21.9 Å². The molecule has 1 rings (SSSR count). The van der Waals surface area contributed by atoms with Gasteiger partial charge in [-0.1, -0.05) is 42.3 Å². The van der Waals surface area contributed by atoms with Crippen LogP contribution in [0.25, 0.3) is 0 Å². The number of carboxylic acid groups (broad SMARTS) is 1. The summed E-state index contributed by atoms with van der Waals surface area (Å²) in [5.74, 6) is -1.24. The summed E-state index contributed by atoms with van der Waals surface area (Å²) in [6.45, 7) is 4.01. The molecule has 0 heterocycles. The molecular weight excluding hydrogens is 301 g/mol. The Hall–Kier alpha value is -0.940. The molecule has 0 saturated heterocycles. The van der Waals surface area contributed by atoms with Crippen molar-refractivity contribution in [1.29, 1.82) is 0 Å². The molecule has 0 amide bonds. The number of aliphatic carboxylic acids is 1. The van der Waals surface area contributed by atoms with Crippen LogP contribution < -0.4 is 5.32 Å². The summed E-state index contributed by atoms with van der Waals surface area (Å²) in [4.78, 5) is 11.1. The topological polar surface area (TPSA) is 49.3 Å². The first-order valence-electron chi connectivity index (χ1n) is 5.85. The number of halogens is 2. The molecule has 0 saturated carbocycles. The zero-order chi connectivity index (χ0) is 13.7. The molecule has 0 spiro atoms. The van der Waals surface area contributed by atoms with Crippen molar-refractivity contribution in [2.75, 3.05) is 0 Å². The molecule has 1 aromatic rings. The maximum absolute atomic E-state index is 13.6. The lowest BCUT2D eigenvalue weighted by molar-refractivity contribution is -0.140. The van der Waals surface area contributed by atoms with Crippen molar-refractivity contribution in [3.8, 4) is 0 Å². The summed E-state index contributed by atoms with van der Waals surface area (Å²) in [5, 5.41) is 12.0. The summed E-state index contributed by atoms with van der Waals surface area (Å²) >= 11 is 3.18. The molecule has 0 bridgehead atoms. The second kappa shape index (κ2) is 6.85. The standard InChI is InChI=1S/C13H17BrFNO2/c1-3-8(2)12(13(17)18)16-7-9-4-5-10(14)6-11(9)15/h4-6,8,12,16H,3,7H2,1-2H3,(H,17,18)/t8-,12-/m0/s1. The Labute approximate surface area is 115 Å². The molecule has 0 aliphatic heterocycles. The molecule has 5 heteroatoms. The van der Waals surface area contributed by atoms with Crippen molar-refractivity contribution in [2.24, 2.45) is 5.92 Å². The lowest BCUT2D eigenvalue weighted by Crippen LogP contribution is -2.41. The van der Waals surface area contributed by atoms with Gasteiger partial charge in [-0.25, -0.2) is 4.39 Å². The fourth-order valence-electron chi connectivity index (χ4n) is 1.65. The number of carbonyl (C=O) groups is 1. The van der Waals surface area contributed by atoms with Crippen LogP contribution in [-0.4, -0.2) is 17.1 Å². The molecule has 2 atom stereocenters. The SMILES string of the molecule is CC[C@H](C)[C@H](NCc1ccc(Br)cc1F)C(=O)O. The van der Waals surface area contributed by atoms with Crippen LogP contribution in [0.1, 0.15) is 25.8 Å². The monoisotopic (exact) mass is 317 g/mol. The minimum atomic E-state index is -0.901. The lowest BCUT2D eigenvalue weighted by Gasteiger charge is -2.20. The molecule has 3 nitrogen and oxygen atoms in total. The molecule has 1 aromatic carbocycles. The molecule has 0 aliphatic carbocycles. The van der Waals surface area contributed by atoms with Gasteiger partial charge in [0.25, 0.3) is 0 Å². The van der Waals surface area contributed by atoms with Gasteiger partial charge >= 0.3 is 5.97 Å². The van der Waals surface area contributed by atoms with E-state index in [9.17, 15) is 9.18 Å². The zero-order valence-electron chi connectivity index (χ0n) is 10.4. The lowest BCUT2D eigenvalue weighted by atomic mass is 9.99. The summed E-state index contributed by atoms with van der Waals surface area (Å²) in [7, 11) is 0. The first-order valence-corrected chi connectivity index (χ1v) is 6.65. The number of rotatable bonds is 6. The van der Waals surface area contributed by atoms with Crippen molar-refractivity contribution in [1.82, 2.24) is 5.32 Å². The van der Waals surface area contributed by atoms with E-state index in [1.807, 2.05) is 13.8 Å². The number of benzene rings is 1. The quantitative estimate of drug-likeness (QED) is 0.847. The van der Waals surface area contributed by atoms with Gasteiger partial charge < -0.3 is 5.11 Å². The van der Waals surface area contributed by atoms with E-state index in [4.69, 9.17) is 5.11 Å². The zero-order valence-corrected chi connectivity index (χ0v) is 12.0. The number of hydrogen-bond donors (Lipinski definition) is 2. The summed E-state index contributed by atoms with van der Waals surface area (Å²) in [6.07, 6.45) is 0.757. The van der Waals surface area contributed by atoms with Crippen molar-refractivity contribution < 1.29 is 14.3 Å². The summed E-state index contributed by atoms with van der Waals surface area (Å²) in [6, 6.07) is 4.09. The molecule has 100 valence electrons. The van der Waals surface area contributed by atoms with E-state index in [0.29, 0.717) is 10.0 Å². The smallest absolute Gasteiger partial charge is 0.320 e. The van der Waals surface area contributed by atoms with Crippen LogP contribution in [0.15, 0.2) is 22.7 Å². The van der Waals surface area contributed by atoms with Crippen molar-refractivity contribution in [2.45, 2.75) is 32.9 Å². The highest BCUT2D eigenvalue weighted by Gasteiger charge is 2.22. The molecule has 0 unspecified atom stereocenters. The second-order valence-corrected chi connectivity index (χ2v) is 5.23. The Balaban J connectivity index is 2.70. The molecule has 0 aromatic heterocycles. The maximum atomic E-state index is 13.6. The fraction of sp³-hybridized carbons (Fsp3) is 0.462. The van der Waals surface area contributed by atoms with Crippen LogP contribution in [0.3, 0.4) is 0 Å². The largest absolute Gasteiger partial charge is 0.480 e. The van der Waals surface area contributed by atoms with E-state index in [2.05, 4.69) is 21.2 Å². The highest BCUT2D eigenvalue weighted by molar-refractivity contribution is 9.10. The van der Waals surface area contributed by atoms with Gasteiger partial charge in [0.2, 0.25) is 0 Å². The molecular formula is C13H17BrFNO2. The van der Waals surface area contributed by atoms with Gasteiger partial charge in [-0.2, -0.15) is 0 Å². The Morgan fingerprint density at radius 2 is 2.22 bits per heavy atom. The van der Waals surface area contributed by atoms with Crippen LogP contribution in [0, 0.1) is 11.7 Å². The van der Waals surface area contributed by atoms with E-state index in [1.54, 1.807) is 12.1 Å². The summed E-state index contributed by atoms with van der Waals surface area (Å²) < 4.78 is 14.2. The Morgan fingerprint density at radius 3 is 2.72 bits per heavy atom. The van der Waals surface area contributed by atoms with E-state index in [1.165, 1.54) is 6.07 Å². The average molecular weight is 318 g/mol. The second-order valence-electron chi connectivity index (χ2n) is 4.32. The highest BCUT2D eigenvalue weighted by Crippen LogP contribution is 2.16. The molecule has 0 aliphatic rings. The predicted octanol–water partition coefficient (Wildman–Crippen LogP) is 3.18. The van der Waals surface area contributed by atoms with Gasteiger partial charge in [-0.3, -0.25) is 10.1 Å². The van der Waals surface area contributed by atoms with Crippen LogP contribution in [0.4, 0.5) is 4.39 Å². The average Bonchev–Trinajstić information content (AvgIpc) is 2.31. The minimum absolute atomic E-state index is 0.000935. The third kappa shape index (κ3) is 4.07. The van der Waals surface area contributed by atoms with E-state index >= 15 is 0 Å². The first-order chi connectivity index (χ1) is 8.45. The Morgan fingerprint density at radius 1 is 1.56 bits per heavy atom. The molecule has 2 N–H and O–H groups in total. The van der Waals surface area contributed by atoms with E-state index in [-0.39, 0.29) is 18.3 Å². The van der Waals surface area contributed by atoms with Gasteiger partial charge in [0.05, 0.1) is 0 Å². The molecule has 0 fully saturated rings. The molecule has 0 radical (unpaired) electrons. The van der Waals surface area contributed by atoms with E-state index < -0.39 is 12.0 Å². The Kier molecular flexibility index (Phi) is 5.75. The third-order valence-corrected chi connectivity index (χ3v) is 3.50. The van der Waals surface area contributed by atoms with Gasteiger partial charge in [-0.15, -0.1) is 0 Å². The van der Waals surface area contributed by atoms with Crippen molar-refractivity contribution in [3.05, 3.63) is 34.1 Å². The minimum Gasteiger partial charge on any atom is -0.480 e. The van der Waals surface area contributed by atoms with Gasteiger partial charge in [0.1, 0.15) is 11.9 Å². The normalized spacial score (nSPS) is 14.2. The van der Waals surface area contributed by atoms with Crippen LogP contribution in [0.5, 0.6) is 0 Å². The van der Waals surface area contributed by atoms with Crippen LogP contribution in [-0.2, 0) is 11.3 Å². The predicted molar refractivity (Wildman–Crippen MR) is 71.8 cm³/mol. The fourth-order valence-corrected chi connectivity index (χ4v) is 1.99. The van der Waals surface area contributed by atoms with Gasteiger partial charge in [0, 0.05) is 16.6 Å². The molecule has 18 heavy (non-hydrogen) atoms. The van der Waals surface area contributed by atoms with E-state index in [0.717, 1.165) is 6.42 Å². The maximum Gasteiger partial charge on any atom is 0.320 e. The number of nitrogens with one attached hydrogen (secondary N) is 1. The van der Waals surface area contributed by atoms with Crippen molar-refractivity contribution in [3.63, 3.8) is 0 Å². The Bertz CT molecular complexity index is 425. The third-order valence-electron chi connectivity index (χ3n) is 3.01. The van der Waals surface area contributed by atoms with Crippen LogP contribution >= 0.6 is 15.9 Å². The highest BCUT2D eigenvalue weighted by atomic mass is 79.9. The van der Waals surface area contributed by atoms with Gasteiger partial charge in [0.15, 0.2) is 0 Å². The summed E-state index contributed by atoms with van der Waals surface area (Å²) in [5.41, 5.74) is 0.466. The van der Waals surface area contributed by atoms with Gasteiger partial charge in [-0.05, 0) is 18.1 Å². The number of carboxylic acids is 1. The first kappa shape index (κ1) is 15.1. The van der Waals surface area contributed by atoms with Crippen LogP contribution in [0.2, 0.25) is 0 Å².